The van der Waals surface area contributed by atoms with Crippen LogP contribution in [0.1, 0.15) is 17.5 Å². The Kier molecular flexibility index (Phi) is 7.24. The quantitative estimate of drug-likeness (QED) is 0.374. The van der Waals surface area contributed by atoms with E-state index in [1.165, 1.54) is 0 Å². The predicted octanol–water partition coefficient (Wildman–Crippen LogP) is 1.82. The van der Waals surface area contributed by atoms with E-state index >= 15 is 0 Å². The number of anilines is 2. The van der Waals surface area contributed by atoms with Gasteiger partial charge < -0.3 is 31.6 Å². The first-order chi connectivity index (χ1) is 14.2. The fraction of sp³-hybridized carbons (Fsp3) is 0.333. The van der Waals surface area contributed by atoms with E-state index in [2.05, 4.69) is 20.6 Å². The van der Waals surface area contributed by atoms with Crippen LogP contribution in [0.4, 0.5) is 11.4 Å². The summed E-state index contributed by atoms with van der Waals surface area (Å²) < 4.78 is 11.6. The van der Waals surface area contributed by atoms with Crippen LogP contribution in [0, 0.1) is 0 Å². The van der Waals surface area contributed by atoms with Crippen LogP contribution in [0.15, 0.2) is 46.4 Å². The van der Waals surface area contributed by atoms with Crippen LogP contribution in [0.25, 0.3) is 0 Å². The zero-order valence-corrected chi connectivity index (χ0v) is 17.5. The van der Waals surface area contributed by atoms with Crippen molar-refractivity contribution in [1.82, 2.24) is 10.6 Å². The van der Waals surface area contributed by atoms with Crippen LogP contribution >= 0.6 is 12.4 Å². The summed E-state index contributed by atoms with van der Waals surface area (Å²) in [5.41, 5.74) is 15.4. The smallest absolute Gasteiger partial charge is 0.142 e. The lowest BCUT2D eigenvalue weighted by atomic mass is 10.1. The normalized spacial score (nSPS) is 14.8. The lowest BCUT2D eigenvalue weighted by Gasteiger charge is -2.13. The average molecular weight is 431 g/mol. The van der Waals surface area contributed by atoms with Gasteiger partial charge in [0.15, 0.2) is 0 Å². The van der Waals surface area contributed by atoms with Gasteiger partial charge in [-0.3, -0.25) is 9.98 Å². The summed E-state index contributed by atoms with van der Waals surface area (Å²) in [4.78, 5) is 8.80. The molecule has 4 rings (SSSR count). The van der Waals surface area contributed by atoms with Crippen LogP contribution in [-0.2, 0) is 0 Å². The van der Waals surface area contributed by atoms with Crippen molar-refractivity contribution in [1.29, 1.82) is 0 Å². The summed E-state index contributed by atoms with van der Waals surface area (Å²) in [6.07, 6.45) is 0.713. The highest BCUT2D eigenvalue weighted by atomic mass is 35.5. The first kappa shape index (κ1) is 21.6. The minimum atomic E-state index is 0. The summed E-state index contributed by atoms with van der Waals surface area (Å²) in [7, 11) is 0. The van der Waals surface area contributed by atoms with Crippen molar-refractivity contribution >= 4 is 35.5 Å². The number of hydrogen-bond donors (Lipinski definition) is 4. The van der Waals surface area contributed by atoms with Gasteiger partial charge in [0.25, 0.3) is 0 Å². The van der Waals surface area contributed by atoms with E-state index in [-0.39, 0.29) is 12.4 Å². The number of rotatable bonds is 8. The Labute approximate surface area is 182 Å². The molecule has 0 aromatic heterocycles. The van der Waals surface area contributed by atoms with Gasteiger partial charge in [-0.25, -0.2) is 0 Å². The minimum absolute atomic E-state index is 0. The van der Waals surface area contributed by atoms with Crippen molar-refractivity contribution in [3.8, 4) is 11.5 Å². The Hall–Kier alpha value is -3.13. The minimum Gasteiger partial charge on any atom is -0.491 e. The molecule has 6 N–H and O–H groups in total. The number of nitrogens with one attached hydrogen (secondary N) is 2. The van der Waals surface area contributed by atoms with Gasteiger partial charge in [-0.2, -0.15) is 0 Å². The van der Waals surface area contributed by atoms with Crippen LogP contribution in [0.2, 0.25) is 0 Å². The number of nitrogen functional groups attached to an aromatic ring is 2. The topological polar surface area (TPSA) is 119 Å². The van der Waals surface area contributed by atoms with E-state index in [1.807, 2.05) is 36.4 Å². The largest absolute Gasteiger partial charge is 0.491 e. The van der Waals surface area contributed by atoms with Gasteiger partial charge in [0.2, 0.25) is 0 Å². The number of nitrogens with zero attached hydrogens (tertiary/aromatic N) is 2. The Balaban J connectivity index is 0.00000256. The number of benzene rings is 2. The number of halogens is 1. The fourth-order valence-corrected chi connectivity index (χ4v) is 3.26. The summed E-state index contributed by atoms with van der Waals surface area (Å²) in [5.74, 6) is 3.11. The van der Waals surface area contributed by atoms with Crippen molar-refractivity contribution in [2.45, 2.75) is 6.42 Å². The molecule has 0 saturated carbocycles. The van der Waals surface area contributed by atoms with E-state index in [4.69, 9.17) is 20.9 Å². The predicted molar refractivity (Wildman–Crippen MR) is 123 cm³/mol. The molecular formula is C21H27ClN6O2. The molecule has 2 aliphatic heterocycles. The third-order valence-electron chi connectivity index (χ3n) is 4.72. The second-order valence-electron chi connectivity index (χ2n) is 6.87. The zero-order valence-electron chi connectivity index (χ0n) is 16.7. The summed E-state index contributed by atoms with van der Waals surface area (Å²) in [6, 6.07) is 11.5. The number of ether oxygens (including phenoxy) is 2. The van der Waals surface area contributed by atoms with Crippen LogP contribution in [0.5, 0.6) is 11.5 Å². The number of amidine groups is 2. The third kappa shape index (κ3) is 5.07. The molecule has 0 saturated heterocycles. The Bertz CT molecular complexity index is 872. The van der Waals surface area contributed by atoms with Gasteiger partial charge in [-0.15, -0.1) is 12.4 Å². The molecule has 0 aliphatic carbocycles. The van der Waals surface area contributed by atoms with Gasteiger partial charge in [-0.1, -0.05) is 0 Å². The number of nitrogens with two attached hydrogens (primary N) is 2. The molecule has 2 aromatic carbocycles. The molecule has 0 fully saturated rings. The monoisotopic (exact) mass is 430 g/mol. The van der Waals surface area contributed by atoms with Crippen molar-refractivity contribution in [3.63, 3.8) is 0 Å². The van der Waals surface area contributed by atoms with E-state index in [0.717, 1.165) is 49.0 Å². The third-order valence-corrected chi connectivity index (χ3v) is 4.72. The van der Waals surface area contributed by atoms with Crippen LogP contribution in [0.3, 0.4) is 0 Å². The molecule has 0 atom stereocenters. The second kappa shape index (κ2) is 10.1. The second-order valence-corrected chi connectivity index (χ2v) is 6.87. The van der Waals surface area contributed by atoms with Crippen molar-refractivity contribution < 1.29 is 9.47 Å². The summed E-state index contributed by atoms with van der Waals surface area (Å²) in [6.45, 7) is 4.33. The lowest BCUT2D eigenvalue weighted by Crippen LogP contribution is -2.19. The molecule has 30 heavy (non-hydrogen) atoms. The first-order valence-corrected chi connectivity index (χ1v) is 9.83. The van der Waals surface area contributed by atoms with Crippen molar-refractivity contribution in [3.05, 3.63) is 47.5 Å². The molecule has 160 valence electrons. The van der Waals surface area contributed by atoms with Gasteiger partial charge in [0, 0.05) is 30.6 Å². The van der Waals surface area contributed by atoms with E-state index in [9.17, 15) is 0 Å². The van der Waals surface area contributed by atoms with Gasteiger partial charge >= 0.3 is 0 Å². The number of hydrogen-bond acceptors (Lipinski definition) is 8. The Morgan fingerprint density at radius 2 is 1.23 bits per heavy atom. The average Bonchev–Trinajstić information content (AvgIpc) is 3.44. The molecule has 2 aromatic rings. The molecule has 0 spiro atoms. The highest BCUT2D eigenvalue weighted by Gasteiger charge is 2.11. The standard InChI is InChI=1S/C21H26N6O2.ClH/c22-16-12-14(20-24-6-7-25-20)2-4-18(16)28-10-1-11-29-19-5-3-15(13-17(19)23)21-26-8-9-27-21;/h2-5,12-13H,1,6-11,22-23H2,(H,24,25)(H,26,27);1H. The molecule has 8 nitrogen and oxygen atoms in total. The molecule has 2 aliphatic rings. The van der Waals surface area contributed by atoms with Crippen LogP contribution < -0.4 is 31.6 Å². The molecule has 0 unspecified atom stereocenters. The fourth-order valence-electron chi connectivity index (χ4n) is 3.26. The van der Waals surface area contributed by atoms with E-state index < -0.39 is 0 Å². The highest BCUT2D eigenvalue weighted by molar-refractivity contribution is 6.01. The zero-order chi connectivity index (χ0) is 20.1. The maximum absolute atomic E-state index is 6.11. The van der Waals surface area contributed by atoms with E-state index in [0.29, 0.717) is 42.5 Å². The first-order valence-electron chi connectivity index (χ1n) is 9.83. The van der Waals surface area contributed by atoms with Crippen molar-refractivity contribution in [2.75, 3.05) is 50.9 Å². The molecule has 0 radical (unpaired) electrons. The molecule has 9 heteroatoms. The maximum atomic E-state index is 6.11. The maximum Gasteiger partial charge on any atom is 0.142 e. The van der Waals surface area contributed by atoms with Gasteiger partial charge in [0.05, 0.1) is 37.7 Å². The molecular weight excluding hydrogens is 404 g/mol. The summed E-state index contributed by atoms with van der Waals surface area (Å²) in [5, 5.41) is 6.47. The van der Waals surface area contributed by atoms with Gasteiger partial charge in [-0.05, 0) is 36.4 Å². The molecule has 0 bridgehead atoms. The Morgan fingerprint density at radius 1 is 0.767 bits per heavy atom. The SMILES string of the molecule is Cl.Nc1cc(C2=NCCN2)ccc1OCCCOc1ccc(C2=NCCN2)cc1N. The van der Waals surface area contributed by atoms with Crippen LogP contribution in [-0.4, -0.2) is 51.1 Å². The van der Waals surface area contributed by atoms with Crippen molar-refractivity contribution in [2.24, 2.45) is 9.98 Å². The Morgan fingerprint density at radius 3 is 1.60 bits per heavy atom. The number of aliphatic imine (C=N–C) groups is 2. The van der Waals surface area contributed by atoms with E-state index in [1.54, 1.807) is 0 Å². The highest BCUT2D eigenvalue weighted by Crippen LogP contribution is 2.25. The summed E-state index contributed by atoms with van der Waals surface area (Å²) >= 11 is 0. The molecule has 0 amide bonds. The lowest BCUT2D eigenvalue weighted by molar-refractivity contribution is 0.249. The molecule has 2 heterocycles. The van der Waals surface area contributed by atoms with Gasteiger partial charge in [0.1, 0.15) is 23.2 Å².